The summed E-state index contributed by atoms with van der Waals surface area (Å²) in [6.07, 6.45) is 10.7. The van der Waals surface area contributed by atoms with Crippen molar-refractivity contribution in [2.75, 3.05) is 26.7 Å². The monoisotopic (exact) mass is 267 g/mol. The largest absolute Gasteiger partial charge is 0.358 e. The van der Waals surface area contributed by atoms with E-state index in [-0.39, 0.29) is 5.91 Å². The Morgan fingerprint density at radius 1 is 1.00 bits per heavy atom. The van der Waals surface area contributed by atoms with Crippen molar-refractivity contribution in [2.45, 2.75) is 63.5 Å². The molecular formula is C15H29N3O. The third-order valence-electron chi connectivity index (χ3n) is 4.56. The number of hydrogen-bond acceptors (Lipinski definition) is 3. The number of hydrogen-bond donors (Lipinski definition) is 2. The molecule has 2 aliphatic rings. The number of amides is 1. The average molecular weight is 267 g/mol. The van der Waals surface area contributed by atoms with Crippen LogP contribution in [0, 0.1) is 0 Å². The Labute approximate surface area is 117 Å². The predicted molar refractivity (Wildman–Crippen MR) is 78.2 cm³/mol. The molecule has 1 aliphatic heterocycles. The van der Waals surface area contributed by atoms with E-state index in [0.717, 1.165) is 19.1 Å². The maximum atomic E-state index is 11.3. The van der Waals surface area contributed by atoms with Crippen LogP contribution in [0.25, 0.3) is 0 Å². The van der Waals surface area contributed by atoms with Gasteiger partial charge in [-0.3, -0.25) is 9.69 Å². The number of likely N-dealkylation sites (N-methyl/N-ethyl adjacent to an activating group) is 1. The highest BCUT2D eigenvalue weighted by molar-refractivity contribution is 5.77. The van der Waals surface area contributed by atoms with E-state index in [4.69, 9.17) is 0 Å². The molecule has 1 aliphatic carbocycles. The topological polar surface area (TPSA) is 44.4 Å². The molecule has 0 unspecified atom stereocenters. The van der Waals surface area contributed by atoms with Gasteiger partial charge in [-0.15, -0.1) is 0 Å². The van der Waals surface area contributed by atoms with Gasteiger partial charge in [0.15, 0.2) is 0 Å². The van der Waals surface area contributed by atoms with Crippen molar-refractivity contribution in [1.29, 1.82) is 0 Å². The van der Waals surface area contributed by atoms with E-state index in [1.54, 1.807) is 7.05 Å². The minimum absolute atomic E-state index is 0.134. The van der Waals surface area contributed by atoms with Gasteiger partial charge in [0.05, 0.1) is 6.54 Å². The van der Waals surface area contributed by atoms with Gasteiger partial charge < -0.3 is 10.6 Å². The van der Waals surface area contributed by atoms with E-state index >= 15 is 0 Å². The quantitative estimate of drug-likeness (QED) is 0.759. The van der Waals surface area contributed by atoms with Crippen molar-refractivity contribution >= 4 is 5.91 Å². The first-order valence-corrected chi connectivity index (χ1v) is 7.97. The van der Waals surface area contributed by atoms with Crippen LogP contribution in [-0.4, -0.2) is 49.6 Å². The molecule has 2 rings (SSSR count). The summed E-state index contributed by atoms with van der Waals surface area (Å²) in [6.45, 7) is 2.67. The summed E-state index contributed by atoms with van der Waals surface area (Å²) in [7, 11) is 1.71. The molecule has 1 saturated heterocycles. The average Bonchev–Trinajstić information content (AvgIpc) is 2.69. The standard InChI is InChI=1S/C15H29N3O/c1-16-15(19)12-18-10-8-14(9-11-18)17-13-6-4-2-3-5-7-13/h13-14,17H,2-12H2,1H3,(H,16,19). The Morgan fingerprint density at radius 3 is 2.16 bits per heavy atom. The molecule has 4 heteroatoms. The lowest BCUT2D eigenvalue weighted by molar-refractivity contribution is -0.122. The van der Waals surface area contributed by atoms with Crippen LogP contribution in [-0.2, 0) is 4.79 Å². The second-order valence-corrected chi connectivity index (χ2v) is 6.08. The second-order valence-electron chi connectivity index (χ2n) is 6.08. The first kappa shape index (κ1) is 14.8. The van der Waals surface area contributed by atoms with E-state index < -0.39 is 0 Å². The molecule has 2 fully saturated rings. The molecule has 4 nitrogen and oxygen atoms in total. The normalized spacial score (nSPS) is 24.1. The summed E-state index contributed by atoms with van der Waals surface area (Å²) in [5.41, 5.74) is 0. The molecule has 0 aromatic rings. The van der Waals surface area contributed by atoms with Gasteiger partial charge in [-0.05, 0) is 25.7 Å². The molecule has 110 valence electrons. The lowest BCUT2D eigenvalue weighted by atomic mass is 10.0. The summed E-state index contributed by atoms with van der Waals surface area (Å²) >= 11 is 0. The number of piperidine rings is 1. The van der Waals surface area contributed by atoms with E-state index in [0.29, 0.717) is 12.6 Å². The summed E-state index contributed by atoms with van der Waals surface area (Å²) < 4.78 is 0. The smallest absolute Gasteiger partial charge is 0.233 e. The number of likely N-dealkylation sites (tertiary alicyclic amines) is 1. The van der Waals surface area contributed by atoms with E-state index in [9.17, 15) is 4.79 Å². The summed E-state index contributed by atoms with van der Waals surface area (Å²) in [4.78, 5) is 13.6. The summed E-state index contributed by atoms with van der Waals surface area (Å²) in [5, 5.41) is 6.56. The molecule has 2 N–H and O–H groups in total. The molecule has 0 aromatic carbocycles. The SMILES string of the molecule is CNC(=O)CN1CCC(NC2CCCCCC2)CC1. The highest BCUT2D eigenvalue weighted by atomic mass is 16.1. The molecule has 0 radical (unpaired) electrons. The van der Waals surface area contributed by atoms with Gasteiger partial charge in [0, 0.05) is 32.2 Å². The van der Waals surface area contributed by atoms with Crippen molar-refractivity contribution in [3.05, 3.63) is 0 Å². The number of nitrogens with one attached hydrogen (secondary N) is 2. The van der Waals surface area contributed by atoms with Gasteiger partial charge >= 0.3 is 0 Å². The molecule has 0 spiro atoms. The molecule has 0 aromatic heterocycles. The zero-order valence-corrected chi connectivity index (χ0v) is 12.3. The van der Waals surface area contributed by atoms with Crippen molar-refractivity contribution in [2.24, 2.45) is 0 Å². The van der Waals surface area contributed by atoms with Crippen LogP contribution in [0.3, 0.4) is 0 Å². The lowest BCUT2D eigenvalue weighted by Crippen LogP contribution is -2.48. The maximum absolute atomic E-state index is 11.3. The van der Waals surface area contributed by atoms with Crippen LogP contribution in [0.2, 0.25) is 0 Å². The fraction of sp³-hybridized carbons (Fsp3) is 0.933. The first-order chi connectivity index (χ1) is 9.28. The predicted octanol–water partition coefficient (Wildman–Crippen LogP) is 1.51. The van der Waals surface area contributed by atoms with Crippen LogP contribution < -0.4 is 10.6 Å². The van der Waals surface area contributed by atoms with E-state index in [1.165, 1.54) is 51.4 Å². The van der Waals surface area contributed by atoms with Crippen LogP contribution in [0.5, 0.6) is 0 Å². The van der Waals surface area contributed by atoms with Crippen molar-refractivity contribution in [1.82, 2.24) is 15.5 Å². The Hall–Kier alpha value is -0.610. The summed E-state index contributed by atoms with van der Waals surface area (Å²) in [5.74, 6) is 0.134. The first-order valence-electron chi connectivity index (χ1n) is 7.97. The zero-order chi connectivity index (χ0) is 13.5. The van der Waals surface area contributed by atoms with Gasteiger partial charge in [-0.25, -0.2) is 0 Å². The highest BCUT2D eigenvalue weighted by Gasteiger charge is 2.23. The number of carbonyl (C=O) groups excluding carboxylic acids is 1. The highest BCUT2D eigenvalue weighted by Crippen LogP contribution is 2.19. The third-order valence-corrected chi connectivity index (χ3v) is 4.56. The fourth-order valence-electron chi connectivity index (χ4n) is 3.32. The lowest BCUT2D eigenvalue weighted by Gasteiger charge is -2.34. The minimum atomic E-state index is 0.134. The van der Waals surface area contributed by atoms with Crippen molar-refractivity contribution < 1.29 is 4.79 Å². The minimum Gasteiger partial charge on any atom is -0.358 e. The number of nitrogens with zero attached hydrogens (tertiary/aromatic N) is 1. The van der Waals surface area contributed by atoms with Gasteiger partial charge in [-0.2, -0.15) is 0 Å². The van der Waals surface area contributed by atoms with E-state index in [1.807, 2.05) is 0 Å². The molecule has 0 bridgehead atoms. The molecule has 0 atom stereocenters. The number of carbonyl (C=O) groups is 1. The number of rotatable bonds is 4. The Kier molecular flexibility index (Phi) is 6.11. The summed E-state index contributed by atoms with van der Waals surface area (Å²) in [6, 6.07) is 1.42. The maximum Gasteiger partial charge on any atom is 0.233 e. The van der Waals surface area contributed by atoms with Gasteiger partial charge in [-0.1, -0.05) is 25.7 Å². The third kappa shape index (κ3) is 5.11. The Bertz CT molecular complexity index is 267. The van der Waals surface area contributed by atoms with Gasteiger partial charge in [0.2, 0.25) is 5.91 Å². The Balaban J connectivity index is 1.66. The van der Waals surface area contributed by atoms with Crippen LogP contribution in [0.15, 0.2) is 0 Å². The van der Waals surface area contributed by atoms with Crippen LogP contribution in [0.4, 0.5) is 0 Å². The fourth-order valence-corrected chi connectivity index (χ4v) is 3.32. The zero-order valence-electron chi connectivity index (χ0n) is 12.3. The van der Waals surface area contributed by atoms with Gasteiger partial charge in [0.1, 0.15) is 0 Å². The molecule has 19 heavy (non-hydrogen) atoms. The molecule has 1 heterocycles. The van der Waals surface area contributed by atoms with Crippen molar-refractivity contribution in [3.8, 4) is 0 Å². The van der Waals surface area contributed by atoms with Gasteiger partial charge in [0.25, 0.3) is 0 Å². The second kappa shape index (κ2) is 7.85. The molecule has 1 amide bonds. The Morgan fingerprint density at radius 2 is 1.58 bits per heavy atom. The molecule has 1 saturated carbocycles. The van der Waals surface area contributed by atoms with Crippen LogP contribution in [0.1, 0.15) is 51.4 Å². The van der Waals surface area contributed by atoms with E-state index in [2.05, 4.69) is 15.5 Å². The van der Waals surface area contributed by atoms with Crippen LogP contribution >= 0.6 is 0 Å². The molecular weight excluding hydrogens is 238 g/mol. The van der Waals surface area contributed by atoms with Crippen molar-refractivity contribution in [3.63, 3.8) is 0 Å².